The molecule has 1 aromatic rings. The first-order valence-corrected chi connectivity index (χ1v) is 7.12. The summed E-state index contributed by atoms with van der Waals surface area (Å²) in [7, 11) is 1.66. The minimum absolute atomic E-state index is 0.381. The van der Waals surface area contributed by atoms with Crippen LogP contribution in [0.4, 0.5) is 5.69 Å². The molecule has 1 aliphatic carbocycles. The van der Waals surface area contributed by atoms with E-state index in [4.69, 9.17) is 15.2 Å². The van der Waals surface area contributed by atoms with Crippen molar-refractivity contribution in [2.24, 2.45) is 11.8 Å². The third-order valence-electron chi connectivity index (χ3n) is 3.85. The lowest BCUT2D eigenvalue weighted by molar-refractivity contribution is -0.00919. The fourth-order valence-corrected chi connectivity index (χ4v) is 3.11. The lowest BCUT2D eigenvalue weighted by atomic mass is 9.82. The first kappa shape index (κ1) is 14.2. The summed E-state index contributed by atoms with van der Waals surface area (Å²) in [5.74, 6) is 2.33. The molecule has 3 heteroatoms. The van der Waals surface area contributed by atoms with Gasteiger partial charge in [-0.25, -0.2) is 0 Å². The smallest absolute Gasteiger partial charge is 0.121 e. The van der Waals surface area contributed by atoms with E-state index < -0.39 is 0 Å². The van der Waals surface area contributed by atoms with Gasteiger partial charge < -0.3 is 15.2 Å². The Morgan fingerprint density at radius 2 is 1.79 bits per heavy atom. The van der Waals surface area contributed by atoms with E-state index in [-0.39, 0.29) is 0 Å². The zero-order valence-electron chi connectivity index (χ0n) is 12.2. The molecule has 1 fully saturated rings. The van der Waals surface area contributed by atoms with Crippen LogP contribution in [0, 0.1) is 11.8 Å². The summed E-state index contributed by atoms with van der Waals surface area (Å²) >= 11 is 0. The average molecular weight is 263 g/mol. The van der Waals surface area contributed by atoms with E-state index in [0.717, 1.165) is 28.8 Å². The Morgan fingerprint density at radius 3 is 2.42 bits per heavy atom. The van der Waals surface area contributed by atoms with Crippen LogP contribution in [-0.4, -0.2) is 13.2 Å². The van der Waals surface area contributed by atoms with Crippen molar-refractivity contribution in [3.05, 3.63) is 23.8 Å². The lowest BCUT2D eigenvalue weighted by Gasteiger charge is -2.31. The van der Waals surface area contributed by atoms with Crippen molar-refractivity contribution in [3.8, 4) is 5.75 Å². The molecule has 2 unspecified atom stereocenters. The molecule has 0 aromatic heterocycles. The van der Waals surface area contributed by atoms with Gasteiger partial charge in [-0.05, 0) is 48.8 Å². The van der Waals surface area contributed by atoms with Crippen LogP contribution in [0.3, 0.4) is 0 Å². The van der Waals surface area contributed by atoms with Crippen LogP contribution in [0.2, 0.25) is 0 Å². The van der Waals surface area contributed by atoms with Crippen LogP contribution in [0.1, 0.15) is 38.7 Å². The Balaban J connectivity index is 1.93. The molecule has 1 saturated carbocycles. The summed E-state index contributed by atoms with van der Waals surface area (Å²) in [6.07, 6.45) is 4.05. The highest BCUT2D eigenvalue weighted by Crippen LogP contribution is 2.31. The largest absolute Gasteiger partial charge is 0.497 e. The molecule has 0 heterocycles. The van der Waals surface area contributed by atoms with Gasteiger partial charge in [0.2, 0.25) is 0 Å². The van der Waals surface area contributed by atoms with E-state index in [0.29, 0.717) is 12.7 Å². The maximum atomic E-state index is 6.05. The van der Waals surface area contributed by atoms with Crippen molar-refractivity contribution in [1.82, 2.24) is 0 Å². The Kier molecular flexibility index (Phi) is 4.70. The minimum atomic E-state index is 0.381. The van der Waals surface area contributed by atoms with Crippen molar-refractivity contribution in [1.29, 1.82) is 0 Å². The van der Waals surface area contributed by atoms with Crippen LogP contribution in [0.25, 0.3) is 0 Å². The van der Waals surface area contributed by atoms with Gasteiger partial charge in [0.1, 0.15) is 5.75 Å². The number of benzene rings is 1. The topological polar surface area (TPSA) is 44.5 Å². The average Bonchev–Trinajstić information content (AvgIpc) is 2.34. The molecule has 0 bridgehead atoms. The Hall–Kier alpha value is -1.22. The Bertz CT molecular complexity index is 409. The molecule has 19 heavy (non-hydrogen) atoms. The predicted molar refractivity (Wildman–Crippen MR) is 78.2 cm³/mol. The van der Waals surface area contributed by atoms with E-state index in [2.05, 4.69) is 13.8 Å². The molecule has 2 rings (SSSR count). The molecule has 0 spiro atoms. The fourth-order valence-electron chi connectivity index (χ4n) is 3.11. The zero-order valence-corrected chi connectivity index (χ0v) is 12.2. The number of nitrogen functional groups attached to an aromatic ring is 1. The number of ether oxygens (including phenoxy) is 2. The molecule has 1 aliphatic rings. The van der Waals surface area contributed by atoms with E-state index in [1.54, 1.807) is 7.11 Å². The highest BCUT2D eigenvalue weighted by molar-refractivity contribution is 5.47. The van der Waals surface area contributed by atoms with Gasteiger partial charge in [-0.1, -0.05) is 13.8 Å². The second kappa shape index (κ2) is 6.29. The third kappa shape index (κ3) is 4.13. The molecule has 2 N–H and O–H groups in total. The molecular formula is C16H25NO2. The van der Waals surface area contributed by atoms with Crippen molar-refractivity contribution < 1.29 is 9.47 Å². The second-order valence-electron chi connectivity index (χ2n) is 5.96. The van der Waals surface area contributed by atoms with Gasteiger partial charge in [-0.2, -0.15) is 0 Å². The number of rotatable bonds is 4. The quantitative estimate of drug-likeness (QED) is 0.844. The van der Waals surface area contributed by atoms with E-state index in [9.17, 15) is 0 Å². The Morgan fingerprint density at radius 1 is 1.11 bits per heavy atom. The lowest BCUT2D eigenvalue weighted by Crippen LogP contribution is -2.26. The van der Waals surface area contributed by atoms with Gasteiger partial charge in [-0.15, -0.1) is 0 Å². The second-order valence-corrected chi connectivity index (χ2v) is 5.96. The van der Waals surface area contributed by atoms with Gasteiger partial charge in [0.15, 0.2) is 0 Å². The van der Waals surface area contributed by atoms with Crippen LogP contribution >= 0.6 is 0 Å². The van der Waals surface area contributed by atoms with Gasteiger partial charge in [0, 0.05) is 11.8 Å². The predicted octanol–water partition coefficient (Wildman–Crippen LogP) is 3.62. The number of hydrogen-bond acceptors (Lipinski definition) is 3. The van der Waals surface area contributed by atoms with E-state index in [1.807, 2.05) is 18.2 Å². The summed E-state index contributed by atoms with van der Waals surface area (Å²) in [5, 5.41) is 0. The van der Waals surface area contributed by atoms with E-state index in [1.165, 1.54) is 19.3 Å². The standard InChI is InChI=1S/C16H25NO2/c1-11-4-12(2)6-16(5-11)19-10-13-7-14(17)9-15(8-13)18-3/h7-9,11-12,16H,4-6,10,17H2,1-3H3. The maximum absolute atomic E-state index is 6.05. The molecule has 3 nitrogen and oxygen atoms in total. The van der Waals surface area contributed by atoms with E-state index >= 15 is 0 Å². The molecule has 106 valence electrons. The fraction of sp³-hybridized carbons (Fsp3) is 0.625. The van der Waals surface area contributed by atoms with Crippen molar-refractivity contribution in [2.45, 2.75) is 45.8 Å². The summed E-state index contributed by atoms with van der Waals surface area (Å²) in [5.41, 5.74) is 7.66. The SMILES string of the molecule is COc1cc(N)cc(COC2CC(C)CC(C)C2)c1. The molecule has 0 aliphatic heterocycles. The summed E-state index contributed by atoms with van der Waals surface area (Å²) in [6.45, 7) is 5.25. The number of methoxy groups -OCH3 is 1. The molecule has 0 radical (unpaired) electrons. The first-order chi connectivity index (χ1) is 9.06. The monoisotopic (exact) mass is 263 g/mol. The van der Waals surface area contributed by atoms with Gasteiger partial charge in [0.25, 0.3) is 0 Å². The molecule has 2 atom stereocenters. The first-order valence-electron chi connectivity index (χ1n) is 7.12. The van der Waals surface area contributed by atoms with Gasteiger partial charge in [0.05, 0.1) is 19.8 Å². The minimum Gasteiger partial charge on any atom is -0.497 e. The molecule has 0 saturated heterocycles. The normalized spacial score (nSPS) is 27.2. The highest BCUT2D eigenvalue weighted by atomic mass is 16.5. The molecule has 0 amide bonds. The Labute approximate surface area is 116 Å². The van der Waals surface area contributed by atoms with Gasteiger partial charge in [-0.3, -0.25) is 0 Å². The van der Waals surface area contributed by atoms with Crippen molar-refractivity contribution in [3.63, 3.8) is 0 Å². The third-order valence-corrected chi connectivity index (χ3v) is 3.85. The van der Waals surface area contributed by atoms with Gasteiger partial charge >= 0.3 is 0 Å². The molecule has 1 aromatic carbocycles. The van der Waals surface area contributed by atoms with Crippen LogP contribution < -0.4 is 10.5 Å². The maximum Gasteiger partial charge on any atom is 0.121 e. The number of hydrogen-bond donors (Lipinski definition) is 1. The van der Waals surface area contributed by atoms with Crippen LogP contribution in [0.15, 0.2) is 18.2 Å². The summed E-state index contributed by atoms with van der Waals surface area (Å²) in [6, 6.07) is 5.78. The highest BCUT2D eigenvalue weighted by Gasteiger charge is 2.24. The number of anilines is 1. The zero-order chi connectivity index (χ0) is 13.8. The van der Waals surface area contributed by atoms with Crippen molar-refractivity contribution >= 4 is 5.69 Å². The van der Waals surface area contributed by atoms with Crippen LogP contribution in [0.5, 0.6) is 5.75 Å². The van der Waals surface area contributed by atoms with Crippen molar-refractivity contribution in [2.75, 3.05) is 12.8 Å². The number of nitrogens with two attached hydrogens (primary N) is 1. The summed E-state index contributed by atoms with van der Waals surface area (Å²) < 4.78 is 11.3. The summed E-state index contributed by atoms with van der Waals surface area (Å²) in [4.78, 5) is 0. The molecular weight excluding hydrogens is 238 g/mol. The van der Waals surface area contributed by atoms with Crippen LogP contribution in [-0.2, 0) is 11.3 Å².